The lowest BCUT2D eigenvalue weighted by atomic mass is 9.89. The summed E-state index contributed by atoms with van der Waals surface area (Å²) in [6, 6.07) is 13.2. The van der Waals surface area contributed by atoms with E-state index < -0.39 is 30.5 Å². The molecule has 0 spiro atoms. The molecule has 2 saturated heterocycles. The van der Waals surface area contributed by atoms with Gasteiger partial charge in [-0.3, -0.25) is 9.69 Å². The van der Waals surface area contributed by atoms with Gasteiger partial charge < -0.3 is 24.8 Å². The standard InChI is InChI=1S/C26H32ClNO6/c1-2-33-20-8-5-16(6-9-20)12-18-13-17(7-10-21(18)27)26-25(32)24(31)23(30)22(34-26)15-28-11-3-4-19(29)14-28/h5-10,13,22-26,30-32H,2-4,11-12,14-15H2,1H3/t22-,23-,24+,25-,26+/m1/s1. The molecular weight excluding hydrogens is 458 g/mol. The van der Waals surface area contributed by atoms with Crippen molar-refractivity contribution in [3.8, 4) is 5.75 Å². The molecule has 8 heteroatoms. The fourth-order valence-electron chi connectivity index (χ4n) is 4.69. The van der Waals surface area contributed by atoms with Crippen LogP contribution in [0.2, 0.25) is 5.02 Å². The number of ketones is 1. The maximum Gasteiger partial charge on any atom is 0.146 e. The maximum absolute atomic E-state index is 11.8. The average molecular weight is 490 g/mol. The summed E-state index contributed by atoms with van der Waals surface area (Å²) in [6.45, 7) is 3.89. The number of piperidine rings is 1. The highest BCUT2D eigenvalue weighted by Crippen LogP contribution is 2.35. The maximum atomic E-state index is 11.8. The van der Waals surface area contributed by atoms with Gasteiger partial charge in [0.15, 0.2) is 0 Å². The number of rotatable bonds is 7. The topological polar surface area (TPSA) is 99.5 Å². The van der Waals surface area contributed by atoms with Gasteiger partial charge in [-0.05, 0) is 61.2 Å². The molecule has 34 heavy (non-hydrogen) atoms. The zero-order chi connectivity index (χ0) is 24.2. The quantitative estimate of drug-likeness (QED) is 0.549. The molecule has 0 bridgehead atoms. The van der Waals surface area contributed by atoms with E-state index in [1.165, 1.54) is 0 Å². The largest absolute Gasteiger partial charge is 0.494 e. The van der Waals surface area contributed by atoms with Crippen LogP contribution in [0.5, 0.6) is 5.75 Å². The van der Waals surface area contributed by atoms with E-state index >= 15 is 0 Å². The minimum absolute atomic E-state index is 0.158. The van der Waals surface area contributed by atoms with Gasteiger partial charge >= 0.3 is 0 Å². The summed E-state index contributed by atoms with van der Waals surface area (Å²) in [5, 5.41) is 32.4. The van der Waals surface area contributed by atoms with Gasteiger partial charge in [0.05, 0.1) is 19.3 Å². The van der Waals surface area contributed by atoms with Crippen LogP contribution in [-0.2, 0) is 16.0 Å². The lowest BCUT2D eigenvalue weighted by Gasteiger charge is -2.43. The van der Waals surface area contributed by atoms with Crippen molar-refractivity contribution in [3.63, 3.8) is 0 Å². The Bertz CT molecular complexity index is 984. The Kier molecular flexibility index (Phi) is 8.24. The van der Waals surface area contributed by atoms with Crippen LogP contribution in [0, 0.1) is 0 Å². The van der Waals surface area contributed by atoms with Crippen LogP contribution < -0.4 is 4.74 Å². The molecule has 184 valence electrons. The van der Waals surface area contributed by atoms with Gasteiger partial charge in [0.25, 0.3) is 0 Å². The first-order valence-corrected chi connectivity index (χ1v) is 12.2. The molecular formula is C26H32ClNO6. The molecule has 7 nitrogen and oxygen atoms in total. The van der Waals surface area contributed by atoms with Gasteiger partial charge in [-0.2, -0.15) is 0 Å². The molecule has 2 aromatic carbocycles. The number of hydrogen-bond acceptors (Lipinski definition) is 7. The number of ether oxygens (including phenoxy) is 2. The second-order valence-corrected chi connectivity index (χ2v) is 9.46. The lowest BCUT2D eigenvalue weighted by Crippen LogP contribution is -2.57. The summed E-state index contributed by atoms with van der Waals surface area (Å²) < 4.78 is 11.6. The molecule has 5 atom stereocenters. The Morgan fingerprint density at radius 2 is 1.85 bits per heavy atom. The van der Waals surface area contributed by atoms with Crippen molar-refractivity contribution >= 4 is 17.4 Å². The number of hydrogen-bond donors (Lipinski definition) is 3. The van der Waals surface area contributed by atoms with Crippen molar-refractivity contribution in [2.24, 2.45) is 0 Å². The summed E-state index contributed by atoms with van der Waals surface area (Å²) in [7, 11) is 0. The molecule has 0 radical (unpaired) electrons. The van der Waals surface area contributed by atoms with E-state index in [0.717, 1.165) is 29.8 Å². The molecule has 3 N–H and O–H groups in total. The highest BCUT2D eigenvalue weighted by atomic mass is 35.5. The first-order valence-electron chi connectivity index (χ1n) is 11.8. The van der Waals surface area contributed by atoms with E-state index in [2.05, 4.69) is 0 Å². The summed E-state index contributed by atoms with van der Waals surface area (Å²) in [5.74, 6) is 0.962. The number of nitrogens with zero attached hydrogens (tertiary/aromatic N) is 1. The number of carbonyl (C=O) groups is 1. The van der Waals surface area contributed by atoms with E-state index in [9.17, 15) is 20.1 Å². The van der Waals surface area contributed by atoms with Crippen molar-refractivity contribution in [1.82, 2.24) is 4.90 Å². The third kappa shape index (κ3) is 5.79. The van der Waals surface area contributed by atoms with Gasteiger partial charge in [-0.15, -0.1) is 0 Å². The van der Waals surface area contributed by atoms with Gasteiger partial charge in [0.2, 0.25) is 0 Å². The summed E-state index contributed by atoms with van der Waals surface area (Å²) in [5.41, 5.74) is 2.58. The average Bonchev–Trinajstić information content (AvgIpc) is 2.82. The molecule has 0 unspecified atom stereocenters. The van der Waals surface area contributed by atoms with Crippen LogP contribution in [0.1, 0.15) is 42.6 Å². The minimum Gasteiger partial charge on any atom is -0.494 e. The predicted molar refractivity (Wildman–Crippen MR) is 128 cm³/mol. The Labute approximate surface area is 204 Å². The number of aliphatic hydroxyl groups is 3. The Morgan fingerprint density at radius 1 is 1.09 bits per heavy atom. The van der Waals surface area contributed by atoms with Crippen LogP contribution in [0.15, 0.2) is 42.5 Å². The number of benzene rings is 2. The van der Waals surface area contributed by atoms with Gasteiger partial charge in [-0.25, -0.2) is 0 Å². The number of aliphatic hydroxyl groups excluding tert-OH is 3. The fourth-order valence-corrected chi connectivity index (χ4v) is 4.88. The molecule has 2 aromatic rings. The smallest absolute Gasteiger partial charge is 0.146 e. The van der Waals surface area contributed by atoms with E-state index in [0.29, 0.717) is 43.1 Å². The predicted octanol–water partition coefficient (Wildman–Crippen LogP) is 2.52. The highest BCUT2D eigenvalue weighted by molar-refractivity contribution is 6.31. The van der Waals surface area contributed by atoms with Crippen molar-refractivity contribution in [1.29, 1.82) is 0 Å². The molecule has 2 fully saturated rings. The molecule has 0 aromatic heterocycles. The van der Waals surface area contributed by atoms with Crippen molar-refractivity contribution < 1.29 is 29.6 Å². The number of carbonyl (C=O) groups excluding carboxylic acids is 1. The molecule has 2 aliphatic rings. The molecule has 2 aliphatic heterocycles. The van der Waals surface area contributed by atoms with Crippen molar-refractivity contribution in [2.75, 3.05) is 26.2 Å². The summed E-state index contributed by atoms with van der Waals surface area (Å²) in [4.78, 5) is 13.7. The first-order chi connectivity index (χ1) is 16.4. The number of likely N-dealkylation sites (tertiary alicyclic amines) is 1. The molecule has 2 heterocycles. The molecule has 4 rings (SSSR count). The van der Waals surface area contributed by atoms with Crippen LogP contribution in [0.3, 0.4) is 0 Å². The molecule has 0 aliphatic carbocycles. The van der Waals surface area contributed by atoms with Crippen LogP contribution >= 0.6 is 11.6 Å². The third-order valence-electron chi connectivity index (χ3n) is 6.51. The van der Waals surface area contributed by atoms with Crippen molar-refractivity contribution in [2.45, 2.75) is 56.7 Å². The van der Waals surface area contributed by atoms with Crippen LogP contribution in [0.25, 0.3) is 0 Å². The van der Waals surface area contributed by atoms with Gasteiger partial charge in [-0.1, -0.05) is 35.9 Å². The third-order valence-corrected chi connectivity index (χ3v) is 6.88. The summed E-state index contributed by atoms with van der Waals surface area (Å²) in [6.07, 6.45) is -3.58. The SMILES string of the molecule is CCOc1ccc(Cc2cc([C@@H]3O[C@H](CN4CCCC(=O)C4)[C@@H](O)[C@H](O)[C@H]3O)ccc2Cl)cc1. The van der Waals surface area contributed by atoms with Crippen LogP contribution in [0.4, 0.5) is 0 Å². The van der Waals surface area contributed by atoms with E-state index in [1.807, 2.05) is 42.2 Å². The Hall–Kier alpha value is -2.00. The normalized spacial score (nSPS) is 28.1. The monoisotopic (exact) mass is 489 g/mol. The zero-order valence-corrected chi connectivity index (χ0v) is 20.0. The Morgan fingerprint density at radius 3 is 2.56 bits per heavy atom. The van der Waals surface area contributed by atoms with Crippen LogP contribution in [-0.4, -0.2) is 76.7 Å². The van der Waals surface area contributed by atoms with E-state index in [-0.39, 0.29) is 5.78 Å². The highest BCUT2D eigenvalue weighted by Gasteiger charge is 2.45. The fraction of sp³-hybridized carbons (Fsp3) is 0.500. The van der Waals surface area contributed by atoms with Gasteiger partial charge in [0.1, 0.15) is 35.9 Å². The van der Waals surface area contributed by atoms with Gasteiger partial charge in [0, 0.05) is 18.0 Å². The van der Waals surface area contributed by atoms with E-state index in [4.69, 9.17) is 21.1 Å². The number of halogens is 1. The second-order valence-electron chi connectivity index (χ2n) is 9.05. The van der Waals surface area contributed by atoms with E-state index in [1.54, 1.807) is 12.1 Å². The molecule has 0 amide bonds. The zero-order valence-electron chi connectivity index (χ0n) is 19.3. The second kappa shape index (κ2) is 11.2. The summed E-state index contributed by atoms with van der Waals surface area (Å²) >= 11 is 6.47. The first kappa shape index (κ1) is 25.1. The minimum atomic E-state index is -1.37. The lowest BCUT2D eigenvalue weighted by molar-refractivity contribution is -0.228. The van der Waals surface area contributed by atoms with Crippen molar-refractivity contribution in [3.05, 3.63) is 64.2 Å². The number of Topliss-reactive ketones (excluding diaryl/α,β-unsaturated/α-hetero) is 1. The Balaban J connectivity index is 1.51. The molecule has 0 saturated carbocycles.